The fourth-order valence-electron chi connectivity index (χ4n) is 1.52. The van der Waals surface area contributed by atoms with Gasteiger partial charge in [-0.1, -0.05) is 11.6 Å². The van der Waals surface area contributed by atoms with Crippen LogP contribution < -0.4 is 5.32 Å². The van der Waals surface area contributed by atoms with Crippen molar-refractivity contribution >= 4 is 35.3 Å². The van der Waals surface area contributed by atoms with Gasteiger partial charge in [0.25, 0.3) is 5.91 Å². The normalized spacial score (nSPS) is 15.3. The number of hydrogen-bond acceptors (Lipinski definition) is 4. The highest BCUT2D eigenvalue weighted by Gasteiger charge is 2.19. The van der Waals surface area contributed by atoms with Crippen molar-refractivity contribution in [3.8, 4) is 0 Å². The van der Waals surface area contributed by atoms with Crippen LogP contribution in [0, 0.1) is 0 Å². The number of aromatic nitrogens is 1. The number of imide groups is 1. The van der Waals surface area contributed by atoms with Crippen molar-refractivity contribution < 1.29 is 9.59 Å². The molecule has 0 bridgehead atoms. The summed E-state index contributed by atoms with van der Waals surface area (Å²) in [4.78, 5) is 29.0. The van der Waals surface area contributed by atoms with Crippen LogP contribution >= 0.6 is 23.4 Å². The molecular weight excluding hydrogens is 274 g/mol. The zero-order valence-corrected chi connectivity index (χ0v) is 11.1. The van der Waals surface area contributed by atoms with Crippen molar-refractivity contribution in [2.45, 2.75) is 0 Å². The minimum Gasteiger partial charge on any atom is -0.323 e. The first-order valence-corrected chi connectivity index (χ1v) is 6.99. The van der Waals surface area contributed by atoms with Gasteiger partial charge in [0.1, 0.15) is 5.15 Å². The highest BCUT2D eigenvalue weighted by molar-refractivity contribution is 7.99. The Bertz CT molecular complexity index is 446. The molecule has 3 amide bonds. The molecule has 0 saturated carbocycles. The molecule has 0 radical (unpaired) electrons. The van der Waals surface area contributed by atoms with Crippen molar-refractivity contribution in [1.29, 1.82) is 0 Å². The first kappa shape index (κ1) is 13.2. The average molecular weight is 286 g/mol. The third kappa shape index (κ3) is 3.36. The molecule has 7 heteroatoms. The van der Waals surface area contributed by atoms with E-state index in [1.165, 1.54) is 18.3 Å². The average Bonchev–Trinajstić information content (AvgIpc) is 2.40. The maximum Gasteiger partial charge on any atom is 0.324 e. The van der Waals surface area contributed by atoms with Crippen LogP contribution in [0.3, 0.4) is 0 Å². The Labute approximate surface area is 114 Å². The minimum absolute atomic E-state index is 0.311. The Hall–Kier alpha value is -1.27. The number of carbonyl (C=O) groups is 2. The van der Waals surface area contributed by atoms with Crippen LogP contribution in [0.4, 0.5) is 4.79 Å². The van der Waals surface area contributed by atoms with E-state index in [1.807, 2.05) is 0 Å². The van der Waals surface area contributed by atoms with E-state index in [2.05, 4.69) is 10.3 Å². The second-order valence-corrected chi connectivity index (χ2v) is 5.34. The van der Waals surface area contributed by atoms with Crippen LogP contribution in [0.25, 0.3) is 0 Å². The van der Waals surface area contributed by atoms with E-state index in [9.17, 15) is 9.59 Å². The number of nitrogens with one attached hydrogen (secondary N) is 1. The number of nitrogens with zero attached hydrogens (tertiary/aromatic N) is 2. The quantitative estimate of drug-likeness (QED) is 0.797. The fourth-order valence-corrected chi connectivity index (χ4v) is 2.54. The summed E-state index contributed by atoms with van der Waals surface area (Å²) in [6.45, 7) is 1.34. The summed E-state index contributed by atoms with van der Waals surface area (Å²) in [6, 6.07) is 2.69. The van der Waals surface area contributed by atoms with Crippen molar-refractivity contribution in [2.24, 2.45) is 0 Å². The second-order valence-electron chi connectivity index (χ2n) is 3.73. The van der Waals surface area contributed by atoms with Gasteiger partial charge in [-0.3, -0.25) is 10.1 Å². The number of rotatable bonds is 1. The van der Waals surface area contributed by atoms with Crippen LogP contribution in [0.2, 0.25) is 5.15 Å². The Morgan fingerprint density at radius 3 is 2.67 bits per heavy atom. The monoisotopic (exact) mass is 285 g/mol. The number of pyridine rings is 1. The number of hydrogen-bond donors (Lipinski definition) is 1. The van der Waals surface area contributed by atoms with E-state index in [0.717, 1.165) is 11.5 Å². The Balaban J connectivity index is 1.94. The van der Waals surface area contributed by atoms with Gasteiger partial charge in [-0.2, -0.15) is 11.8 Å². The topological polar surface area (TPSA) is 62.3 Å². The number of carbonyl (C=O) groups excluding carboxylic acids is 2. The number of urea groups is 1. The third-order valence-electron chi connectivity index (χ3n) is 2.51. The number of halogens is 1. The van der Waals surface area contributed by atoms with Crippen LogP contribution in [0.15, 0.2) is 18.3 Å². The molecular formula is C11H12ClN3O2S. The van der Waals surface area contributed by atoms with Gasteiger partial charge >= 0.3 is 6.03 Å². The van der Waals surface area contributed by atoms with Gasteiger partial charge in [0.05, 0.1) is 5.56 Å². The Kier molecular flexibility index (Phi) is 4.43. The standard InChI is InChI=1S/C11H12ClN3O2S/c12-9-2-1-8(7-13-9)10(16)14-11(17)15-3-5-18-6-4-15/h1-2,7H,3-6H2,(H,14,16,17). The Morgan fingerprint density at radius 1 is 1.33 bits per heavy atom. The molecule has 1 saturated heterocycles. The molecule has 96 valence electrons. The predicted molar refractivity (Wildman–Crippen MR) is 71.0 cm³/mol. The molecule has 5 nitrogen and oxygen atoms in total. The summed E-state index contributed by atoms with van der Waals surface area (Å²) in [5, 5.41) is 2.65. The molecule has 18 heavy (non-hydrogen) atoms. The van der Waals surface area contributed by atoms with Crippen molar-refractivity contribution in [3.05, 3.63) is 29.0 Å². The lowest BCUT2D eigenvalue weighted by Gasteiger charge is -2.26. The molecule has 0 aromatic carbocycles. The zero-order chi connectivity index (χ0) is 13.0. The molecule has 1 N–H and O–H groups in total. The molecule has 1 fully saturated rings. The first-order valence-electron chi connectivity index (χ1n) is 5.46. The fraction of sp³-hybridized carbons (Fsp3) is 0.364. The van der Waals surface area contributed by atoms with Gasteiger partial charge in [-0.15, -0.1) is 0 Å². The molecule has 2 rings (SSSR count). The Morgan fingerprint density at radius 2 is 2.06 bits per heavy atom. The third-order valence-corrected chi connectivity index (χ3v) is 3.67. The molecule has 1 aromatic rings. The molecule has 0 aliphatic carbocycles. The summed E-state index contributed by atoms with van der Waals surface area (Å²) < 4.78 is 0. The summed E-state index contributed by atoms with van der Waals surface area (Å²) in [7, 11) is 0. The summed E-state index contributed by atoms with van der Waals surface area (Å²) >= 11 is 7.43. The van der Waals surface area contributed by atoms with Gasteiger partial charge < -0.3 is 4.90 Å². The molecule has 1 aromatic heterocycles. The molecule has 0 atom stereocenters. The van der Waals surface area contributed by atoms with Gasteiger partial charge in [0.2, 0.25) is 0 Å². The largest absolute Gasteiger partial charge is 0.324 e. The van der Waals surface area contributed by atoms with Crippen molar-refractivity contribution in [3.63, 3.8) is 0 Å². The maximum absolute atomic E-state index is 11.8. The van der Waals surface area contributed by atoms with Crippen LogP contribution in [0.1, 0.15) is 10.4 Å². The lowest BCUT2D eigenvalue weighted by Crippen LogP contribution is -2.46. The second kappa shape index (κ2) is 6.06. The lowest BCUT2D eigenvalue weighted by atomic mass is 10.3. The van der Waals surface area contributed by atoms with Gasteiger partial charge in [0, 0.05) is 30.8 Å². The highest BCUT2D eigenvalue weighted by Crippen LogP contribution is 2.09. The van der Waals surface area contributed by atoms with E-state index in [4.69, 9.17) is 11.6 Å². The van der Waals surface area contributed by atoms with E-state index in [-0.39, 0.29) is 6.03 Å². The van der Waals surface area contributed by atoms with Crippen molar-refractivity contribution in [1.82, 2.24) is 15.2 Å². The number of thioether (sulfide) groups is 1. The SMILES string of the molecule is O=C(NC(=O)N1CCSCC1)c1ccc(Cl)nc1. The maximum atomic E-state index is 11.8. The van der Waals surface area contributed by atoms with Gasteiger partial charge in [-0.25, -0.2) is 9.78 Å². The van der Waals surface area contributed by atoms with Gasteiger partial charge in [-0.05, 0) is 12.1 Å². The minimum atomic E-state index is -0.456. The molecule has 0 spiro atoms. The predicted octanol–water partition coefficient (Wildman–Crippen LogP) is 1.63. The molecule has 0 unspecified atom stereocenters. The van der Waals surface area contributed by atoms with Gasteiger partial charge in [0.15, 0.2) is 0 Å². The lowest BCUT2D eigenvalue weighted by molar-refractivity contribution is 0.0953. The van der Waals surface area contributed by atoms with Crippen LogP contribution in [0.5, 0.6) is 0 Å². The molecule has 1 aliphatic heterocycles. The van der Waals surface area contributed by atoms with Crippen molar-refractivity contribution in [2.75, 3.05) is 24.6 Å². The summed E-state index contributed by atoms with van der Waals surface area (Å²) in [5.74, 6) is 1.36. The van der Waals surface area contributed by atoms with Crippen LogP contribution in [-0.4, -0.2) is 46.4 Å². The van der Waals surface area contributed by atoms with E-state index in [1.54, 1.807) is 16.7 Å². The summed E-state index contributed by atoms with van der Waals surface area (Å²) in [6.07, 6.45) is 1.34. The molecule has 2 heterocycles. The van der Waals surface area contributed by atoms with E-state index >= 15 is 0 Å². The number of amides is 3. The van der Waals surface area contributed by atoms with E-state index < -0.39 is 5.91 Å². The smallest absolute Gasteiger partial charge is 0.323 e. The summed E-state index contributed by atoms with van der Waals surface area (Å²) in [5.41, 5.74) is 0.319. The van der Waals surface area contributed by atoms with Crippen LogP contribution in [-0.2, 0) is 0 Å². The van der Waals surface area contributed by atoms with E-state index in [0.29, 0.717) is 23.8 Å². The highest BCUT2D eigenvalue weighted by atomic mass is 35.5. The zero-order valence-electron chi connectivity index (χ0n) is 9.56. The first-order chi connectivity index (χ1) is 8.66. The molecule has 1 aliphatic rings.